The van der Waals surface area contributed by atoms with Crippen molar-refractivity contribution in [3.63, 3.8) is 0 Å². The van der Waals surface area contributed by atoms with Crippen LogP contribution in [0.2, 0.25) is 0 Å². The van der Waals surface area contributed by atoms with Crippen molar-refractivity contribution in [2.45, 2.75) is 51.9 Å². The van der Waals surface area contributed by atoms with Gasteiger partial charge in [0.1, 0.15) is 0 Å². The molecule has 1 saturated carbocycles. The Bertz CT molecular complexity index is 323. The lowest BCUT2D eigenvalue weighted by atomic mass is 9.68. The Morgan fingerprint density at radius 3 is 2.33 bits per heavy atom. The summed E-state index contributed by atoms with van der Waals surface area (Å²) in [6.07, 6.45) is 7.72. The van der Waals surface area contributed by atoms with Crippen LogP contribution in [-0.4, -0.2) is 0 Å². The summed E-state index contributed by atoms with van der Waals surface area (Å²) >= 11 is 0. The molecule has 0 N–H and O–H groups in total. The second-order valence-electron chi connectivity index (χ2n) is 5.21. The Hall–Kier alpha value is -0.780. The number of aryl methyl sites for hydroxylation is 2. The second-order valence-corrected chi connectivity index (χ2v) is 5.21. The van der Waals surface area contributed by atoms with Gasteiger partial charge in [-0.05, 0) is 55.2 Å². The fourth-order valence-corrected chi connectivity index (χ4v) is 3.15. The number of rotatable bonds is 1. The number of benzene rings is 1. The molecule has 1 unspecified atom stereocenters. The molecule has 1 aromatic carbocycles. The van der Waals surface area contributed by atoms with Gasteiger partial charge in [-0.3, -0.25) is 0 Å². The quantitative estimate of drug-likeness (QED) is 0.634. The van der Waals surface area contributed by atoms with Crippen LogP contribution in [0.1, 0.15) is 49.3 Å². The minimum absolute atomic E-state index is 0.397. The molecule has 0 aliphatic heterocycles. The van der Waals surface area contributed by atoms with Crippen LogP contribution in [0.3, 0.4) is 0 Å². The van der Waals surface area contributed by atoms with Gasteiger partial charge in [-0.2, -0.15) is 0 Å². The van der Waals surface area contributed by atoms with Gasteiger partial charge in [0.05, 0.1) is 0 Å². The molecule has 0 heteroatoms. The predicted octanol–water partition coefficient (Wildman–Crippen LogP) is 4.34. The summed E-state index contributed by atoms with van der Waals surface area (Å²) in [7, 11) is 0. The van der Waals surface area contributed by atoms with Crippen LogP contribution in [0, 0.1) is 20.3 Å². The maximum atomic E-state index is 2.47. The molecule has 0 heterocycles. The van der Waals surface area contributed by atoms with Gasteiger partial charge >= 0.3 is 0 Å². The molecule has 1 atom stereocenters. The summed E-state index contributed by atoms with van der Waals surface area (Å²) in [4.78, 5) is 0. The minimum atomic E-state index is 0.397. The summed E-state index contributed by atoms with van der Waals surface area (Å²) in [5.74, 6) is 0. The molecule has 2 rings (SSSR count). The van der Waals surface area contributed by atoms with E-state index in [9.17, 15) is 0 Å². The van der Waals surface area contributed by atoms with Crippen LogP contribution in [0.4, 0.5) is 0 Å². The smallest absolute Gasteiger partial charge is 0.00673 e. The van der Waals surface area contributed by atoms with E-state index in [-0.39, 0.29) is 0 Å². The van der Waals surface area contributed by atoms with Crippen molar-refractivity contribution in [3.8, 4) is 0 Å². The summed E-state index contributed by atoms with van der Waals surface area (Å²) in [5, 5.41) is 0. The van der Waals surface area contributed by atoms with E-state index in [1.165, 1.54) is 36.8 Å². The van der Waals surface area contributed by atoms with E-state index < -0.39 is 0 Å². The lowest BCUT2D eigenvalue weighted by Gasteiger charge is -2.36. The zero-order valence-corrected chi connectivity index (χ0v) is 10.1. The molecule has 0 amide bonds. The Morgan fingerprint density at radius 2 is 1.80 bits per heavy atom. The van der Waals surface area contributed by atoms with E-state index in [0.717, 1.165) is 0 Å². The molecular formula is C15H21. The molecule has 0 nitrogen and oxygen atoms in total. The highest BCUT2D eigenvalue weighted by Gasteiger charge is 2.30. The van der Waals surface area contributed by atoms with Crippen molar-refractivity contribution in [1.82, 2.24) is 0 Å². The first-order valence-electron chi connectivity index (χ1n) is 6.02. The molecule has 0 bridgehead atoms. The first-order chi connectivity index (χ1) is 7.13. The topological polar surface area (TPSA) is 0 Å². The fraction of sp³-hybridized carbons (Fsp3) is 0.533. The molecule has 1 fully saturated rings. The van der Waals surface area contributed by atoms with E-state index >= 15 is 0 Å². The first kappa shape index (κ1) is 10.7. The van der Waals surface area contributed by atoms with Gasteiger partial charge in [0.25, 0.3) is 0 Å². The Kier molecular flexibility index (Phi) is 2.86. The third-order valence-electron chi connectivity index (χ3n) is 3.82. The highest BCUT2D eigenvalue weighted by atomic mass is 14.3. The normalized spacial score (nSPS) is 20.2. The molecule has 1 radical (unpaired) electrons. The highest BCUT2D eigenvalue weighted by Crippen LogP contribution is 2.41. The Labute approximate surface area is 93.7 Å². The molecule has 0 aromatic heterocycles. The standard InChI is InChI=1S/C15H21/c1-12-8-7-9-13(2)14(12)15(3)10-5-4-6-11-15/h5,7-9H,4,6,10-11H2,1-3H3. The highest BCUT2D eigenvalue weighted by molar-refractivity contribution is 5.40. The summed E-state index contributed by atoms with van der Waals surface area (Å²) in [6, 6.07) is 6.68. The van der Waals surface area contributed by atoms with Crippen LogP contribution in [-0.2, 0) is 5.41 Å². The summed E-state index contributed by atoms with van der Waals surface area (Å²) < 4.78 is 0. The van der Waals surface area contributed by atoms with Gasteiger partial charge in [0, 0.05) is 0 Å². The van der Waals surface area contributed by atoms with Crippen molar-refractivity contribution in [2.24, 2.45) is 0 Å². The van der Waals surface area contributed by atoms with E-state index in [0.29, 0.717) is 5.41 Å². The minimum Gasteiger partial charge on any atom is -0.0617 e. The van der Waals surface area contributed by atoms with E-state index in [2.05, 4.69) is 45.4 Å². The van der Waals surface area contributed by atoms with Crippen molar-refractivity contribution in [2.75, 3.05) is 0 Å². The van der Waals surface area contributed by atoms with Gasteiger partial charge in [-0.25, -0.2) is 0 Å². The van der Waals surface area contributed by atoms with Gasteiger partial charge in [0.2, 0.25) is 0 Å². The average molecular weight is 201 g/mol. The maximum Gasteiger partial charge on any atom is -0.00673 e. The first-order valence-corrected chi connectivity index (χ1v) is 6.02. The lowest BCUT2D eigenvalue weighted by molar-refractivity contribution is 0.366. The van der Waals surface area contributed by atoms with Crippen LogP contribution >= 0.6 is 0 Å². The van der Waals surface area contributed by atoms with Gasteiger partial charge < -0.3 is 0 Å². The number of hydrogen-bond acceptors (Lipinski definition) is 0. The lowest BCUT2D eigenvalue weighted by Crippen LogP contribution is -2.27. The largest absolute Gasteiger partial charge is 0.0617 e. The monoisotopic (exact) mass is 201 g/mol. The van der Waals surface area contributed by atoms with Crippen molar-refractivity contribution in [3.05, 3.63) is 41.3 Å². The van der Waals surface area contributed by atoms with Gasteiger partial charge in [0.15, 0.2) is 0 Å². The van der Waals surface area contributed by atoms with Crippen LogP contribution in [0.15, 0.2) is 18.2 Å². The third-order valence-corrected chi connectivity index (χ3v) is 3.82. The Balaban J connectivity index is 2.42. The average Bonchev–Trinajstić information content (AvgIpc) is 2.18. The molecule has 1 aliphatic carbocycles. The van der Waals surface area contributed by atoms with Crippen molar-refractivity contribution in [1.29, 1.82) is 0 Å². The molecule has 0 spiro atoms. The van der Waals surface area contributed by atoms with Crippen molar-refractivity contribution >= 4 is 0 Å². The van der Waals surface area contributed by atoms with Crippen LogP contribution in [0.5, 0.6) is 0 Å². The predicted molar refractivity (Wildman–Crippen MR) is 66.0 cm³/mol. The van der Waals surface area contributed by atoms with Crippen LogP contribution in [0.25, 0.3) is 0 Å². The summed E-state index contributed by atoms with van der Waals surface area (Å²) in [6.45, 7) is 6.93. The number of hydrogen-bond donors (Lipinski definition) is 0. The van der Waals surface area contributed by atoms with E-state index in [1.807, 2.05) is 0 Å². The molecule has 1 aliphatic rings. The fourth-order valence-electron chi connectivity index (χ4n) is 3.15. The maximum absolute atomic E-state index is 2.47. The zero-order valence-electron chi connectivity index (χ0n) is 10.1. The third kappa shape index (κ3) is 1.95. The molecule has 1 aromatic rings. The Morgan fingerprint density at radius 1 is 1.13 bits per heavy atom. The molecular weight excluding hydrogens is 180 g/mol. The zero-order chi connectivity index (χ0) is 10.9. The molecule has 15 heavy (non-hydrogen) atoms. The molecule has 81 valence electrons. The van der Waals surface area contributed by atoms with Gasteiger partial charge in [-0.1, -0.05) is 38.0 Å². The van der Waals surface area contributed by atoms with E-state index in [1.54, 1.807) is 5.56 Å². The molecule has 0 saturated heterocycles. The van der Waals surface area contributed by atoms with E-state index in [4.69, 9.17) is 0 Å². The van der Waals surface area contributed by atoms with Crippen LogP contribution < -0.4 is 0 Å². The van der Waals surface area contributed by atoms with Crippen molar-refractivity contribution < 1.29 is 0 Å². The second kappa shape index (κ2) is 4.00. The summed E-state index contributed by atoms with van der Waals surface area (Å²) in [5.41, 5.74) is 4.93. The van der Waals surface area contributed by atoms with Gasteiger partial charge in [-0.15, -0.1) is 0 Å². The SMILES string of the molecule is Cc1cccc(C)c1C1(C)C[CH]CCC1.